The number of anilines is 1. The molecule has 0 fully saturated rings. The Morgan fingerprint density at radius 3 is 2.81 bits per heavy atom. The molecule has 5 nitrogen and oxygen atoms in total. The fraction of sp³-hybridized carbons (Fsp3) is 0.250. The van der Waals surface area contributed by atoms with Gasteiger partial charge in [0.15, 0.2) is 5.75 Å². The highest BCUT2D eigenvalue weighted by atomic mass is 16.5. The summed E-state index contributed by atoms with van der Waals surface area (Å²) in [4.78, 5) is 4.96. The monoisotopic (exact) mass is 280 g/mol. The van der Waals surface area contributed by atoms with Crippen molar-refractivity contribution in [1.82, 2.24) is 0 Å². The summed E-state index contributed by atoms with van der Waals surface area (Å²) in [6.45, 7) is 1.05. The minimum atomic E-state index is -0.122. The molecule has 3 rings (SSSR count). The van der Waals surface area contributed by atoms with Crippen molar-refractivity contribution in [2.45, 2.75) is 6.10 Å². The minimum Gasteiger partial charge on any atom is -0.486 e. The standard InChI is InChI=1S/C16H16N4O/c1-20-11-13(10-18-19-17)21-16-14(8-5-9-15(16)20)12-6-3-2-4-7-12/h2-9,13H,10-11H2,1H3. The second-order valence-electron chi connectivity index (χ2n) is 5.05. The highest BCUT2D eigenvalue weighted by Crippen LogP contribution is 2.41. The largest absolute Gasteiger partial charge is 0.486 e. The van der Waals surface area contributed by atoms with Gasteiger partial charge in [-0.3, -0.25) is 0 Å². The van der Waals surface area contributed by atoms with Crippen molar-refractivity contribution in [3.63, 3.8) is 0 Å². The molecule has 2 aromatic rings. The molecule has 1 unspecified atom stereocenters. The number of ether oxygens (including phenoxy) is 1. The summed E-state index contributed by atoms with van der Waals surface area (Å²) in [5.74, 6) is 0.857. The fourth-order valence-electron chi connectivity index (χ4n) is 2.62. The van der Waals surface area contributed by atoms with E-state index in [1.54, 1.807) is 0 Å². The first-order chi connectivity index (χ1) is 10.3. The molecule has 21 heavy (non-hydrogen) atoms. The summed E-state index contributed by atoms with van der Waals surface area (Å²) >= 11 is 0. The van der Waals surface area contributed by atoms with Crippen molar-refractivity contribution in [3.8, 4) is 16.9 Å². The fourth-order valence-corrected chi connectivity index (χ4v) is 2.62. The predicted molar refractivity (Wildman–Crippen MR) is 83.6 cm³/mol. The first kappa shape index (κ1) is 13.3. The van der Waals surface area contributed by atoms with E-state index >= 15 is 0 Å². The molecule has 1 aliphatic heterocycles. The van der Waals surface area contributed by atoms with Crippen LogP contribution in [0.25, 0.3) is 21.6 Å². The van der Waals surface area contributed by atoms with E-state index in [2.05, 4.69) is 33.1 Å². The summed E-state index contributed by atoms with van der Waals surface area (Å²) in [5.41, 5.74) is 11.7. The van der Waals surface area contributed by atoms with Crippen LogP contribution in [0.15, 0.2) is 53.6 Å². The van der Waals surface area contributed by atoms with Crippen LogP contribution in [0.5, 0.6) is 5.75 Å². The smallest absolute Gasteiger partial charge is 0.150 e. The van der Waals surface area contributed by atoms with Gasteiger partial charge in [-0.2, -0.15) is 0 Å². The molecule has 0 N–H and O–H groups in total. The van der Waals surface area contributed by atoms with Crippen LogP contribution < -0.4 is 9.64 Å². The van der Waals surface area contributed by atoms with Gasteiger partial charge in [-0.05, 0) is 17.2 Å². The SMILES string of the molecule is CN1CC(CN=[N+]=[N-])Oc2c(-c3ccccc3)cccc21. The first-order valence-corrected chi connectivity index (χ1v) is 6.86. The molecule has 1 atom stereocenters. The Kier molecular flexibility index (Phi) is 3.67. The number of rotatable bonds is 3. The zero-order chi connectivity index (χ0) is 14.7. The summed E-state index contributed by atoms with van der Waals surface area (Å²) < 4.78 is 6.08. The summed E-state index contributed by atoms with van der Waals surface area (Å²) in [7, 11) is 2.03. The average molecular weight is 280 g/mol. The Labute approximate surface area is 123 Å². The van der Waals surface area contributed by atoms with Gasteiger partial charge in [0.2, 0.25) is 0 Å². The summed E-state index contributed by atoms with van der Waals surface area (Å²) in [5, 5.41) is 3.63. The normalized spacial score (nSPS) is 16.6. The molecular formula is C16H16N4O. The molecule has 2 aromatic carbocycles. The Balaban J connectivity index is 2.02. The van der Waals surface area contributed by atoms with Gasteiger partial charge in [0.1, 0.15) is 6.10 Å². The van der Waals surface area contributed by atoms with Crippen LogP contribution in [-0.2, 0) is 0 Å². The lowest BCUT2D eigenvalue weighted by Crippen LogP contribution is -2.39. The van der Waals surface area contributed by atoms with Gasteiger partial charge < -0.3 is 9.64 Å². The number of para-hydroxylation sites is 1. The lowest BCUT2D eigenvalue weighted by atomic mass is 10.0. The number of hydrogen-bond acceptors (Lipinski definition) is 3. The van der Waals surface area contributed by atoms with Crippen LogP contribution in [0.2, 0.25) is 0 Å². The highest BCUT2D eigenvalue weighted by molar-refractivity contribution is 5.79. The van der Waals surface area contributed by atoms with Crippen LogP contribution in [0.3, 0.4) is 0 Å². The maximum absolute atomic E-state index is 8.48. The van der Waals surface area contributed by atoms with E-state index in [0.717, 1.165) is 22.6 Å². The van der Waals surface area contributed by atoms with Crippen LogP contribution >= 0.6 is 0 Å². The summed E-state index contributed by atoms with van der Waals surface area (Å²) in [6.07, 6.45) is -0.122. The maximum atomic E-state index is 8.48. The Morgan fingerprint density at radius 1 is 1.24 bits per heavy atom. The zero-order valence-electron chi connectivity index (χ0n) is 11.8. The molecular weight excluding hydrogens is 264 g/mol. The van der Waals surface area contributed by atoms with Crippen LogP contribution in [0.1, 0.15) is 0 Å². The molecule has 0 saturated carbocycles. The molecule has 0 amide bonds. The van der Waals surface area contributed by atoms with E-state index < -0.39 is 0 Å². The van der Waals surface area contributed by atoms with Gasteiger partial charge in [-0.25, -0.2) is 0 Å². The number of hydrogen-bond donors (Lipinski definition) is 0. The second kappa shape index (κ2) is 5.77. The lowest BCUT2D eigenvalue weighted by molar-refractivity contribution is 0.205. The first-order valence-electron chi connectivity index (χ1n) is 6.86. The number of benzene rings is 2. The maximum Gasteiger partial charge on any atom is 0.150 e. The van der Waals surface area contributed by atoms with Gasteiger partial charge in [0.05, 0.1) is 18.8 Å². The average Bonchev–Trinajstić information content (AvgIpc) is 2.53. The molecule has 0 bridgehead atoms. The molecule has 0 aliphatic carbocycles. The molecule has 0 radical (unpaired) electrons. The minimum absolute atomic E-state index is 0.122. The summed E-state index contributed by atoms with van der Waals surface area (Å²) in [6, 6.07) is 16.3. The second-order valence-corrected chi connectivity index (χ2v) is 5.05. The molecule has 0 saturated heterocycles. The third-order valence-electron chi connectivity index (χ3n) is 3.60. The number of fused-ring (bicyclic) bond motifs is 1. The molecule has 5 heteroatoms. The van der Waals surface area contributed by atoms with Crippen molar-refractivity contribution in [2.24, 2.45) is 5.11 Å². The van der Waals surface area contributed by atoms with Crippen molar-refractivity contribution >= 4 is 5.69 Å². The van der Waals surface area contributed by atoms with Gasteiger partial charge in [0.25, 0.3) is 0 Å². The van der Waals surface area contributed by atoms with Gasteiger partial charge in [-0.1, -0.05) is 47.6 Å². The zero-order valence-corrected chi connectivity index (χ0v) is 11.8. The third-order valence-corrected chi connectivity index (χ3v) is 3.60. The predicted octanol–water partition coefficient (Wildman–Crippen LogP) is 3.86. The van der Waals surface area contributed by atoms with Crippen LogP contribution in [0.4, 0.5) is 5.69 Å². The molecule has 1 heterocycles. The van der Waals surface area contributed by atoms with E-state index in [-0.39, 0.29) is 6.10 Å². The third kappa shape index (κ3) is 2.64. The van der Waals surface area contributed by atoms with E-state index in [1.807, 2.05) is 37.4 Å². The Hall–Kier alpha value is -2.65. The van der Waals surface area contributed by atoms with Crippen LogP contribution in [-0.4, -0.2) is 26.2 Å². The van der Waals surface area contributed by atoms with Crippen LogP contribution in [0, 0.1) is 0 Å². The van der Waals surface area contributed by atoms with Gasteiger partial charge >= 0.3 is 0 Å². The van der Waals surface area contributed by atoms with E-state index in [0.29, 0.717) is 13.1 Å². The van der Waals surface area contributed by atoms with E-state index in [4.69, 9.17) is 10.3 Å². The number of azide groups is 1. The van der Waals surface area contributed by atoms with Crippen molar-refractivity contribution in [2.75, 3.05) is 25.0 Å². The number of nitrogens with zero attached hydrogens (tertiary/aromatic N) is 4. The molecule has 0 aromatic heterocycles. The highest BCUT2D eigenvalue weighted by Gasteiger charge is 2.25. The van der Waals surface area contributed by atoms with Gasteiger partial charge in [-0.15, -0.1) is 0 Å². The molecule has 0 spiro atoms. The number of likely N-dealkylation sites (N-methyl/N-ethyl adjacent to an activating group) is 1. The molecule has 106 valence electrons. The van der Waals surface area contributed by atoms with Crippen molar-refractivity contribution in [3.05, 3.63) is 59.0 Å². The van der Waals surface area contributed by atoms with Crippen molar-refractivity contribution < 1.29 is 4.74 Å². The Morgan fingerprint density at radius 2 is 2.05 bits per heavy atom. The Bertz CT molecular complexity index is 680. The lowest BCUT2D eigenvalue weighted by Gasteiger charge is -2.34. The van der Waals surface area contributed by atoms with Crippen molar-refractivity contribution in [1.29, 1.82) is 0 Å². The van der Waals surface area contributed by atoms with E-state index in [1.165, 1.54) is 0 Å². The topological polar surface area (TPSA) is 61.2 Å². The van der Waals surface area contributed by atoms with Gasteiger partial charge in [0, 0.05) is 17.5 Å². The van der Waals surface area contributed by atoms with E-state index in [9.17, 15) is 0 Å². The quantitative estimate of drug-likeness (QED) is 0.487. The molecule has 1 aliphatic rings.